The van der Waals surface area contributed by atoms with Gasteiger partial charge in [-0.3, -0.25) is 10.1 Å². The Morgan fingerprint density at radius 2 is 1.68 bits per heavy atom. The molecule has 7 nitrogen and oxygen atoms in total. The molecule has 1 aromatic carbocycles. The van der Waals surface area contributed by atoms with Gasteiger partial charge in [-0.15, -0.1) is 0 Å². The predicted molar refractivity (Wildman–Crippen MR) is 90.5 cm³/mol. The fourth-order valence-corrected chi connectivity index (χ4v) is 2.42. The lowest BCUT2D eigenvalue weighted by Crippen LogP contribution is -2.37. The maximum Gasteiger partial charge on any atom is 0.418 e. The lowest BCUT2D eigenvalue weighted by molar-refractivity contribution is -0.386. The van der Waals surface area contributed by atoms with Crippen LogP contribution in [0, 0.1) is 15.9 Å². The first-order chi connectivity index (χ1) is 11.2. The number of nitro benzene ring substituents is 1. The molecule has 1 aromatic rings. The van der Waals surface area contributed by atoms with Crippen molar-refractivity contribution in [3.8, 4) is 0 Å². The Morgan fingerprint density at radius 1 is 1.16 bits per heavy atom. The van der Waals surface area contributed by atoms with E-state index in [4.69, 9.17) is 9.47 Å². The number of carbonyl (C=O) groups is 2. The standard InChI is InChI=1S/C16H19BrFNO6/c1-15(2,3)24-13(20)14(21)25-16(4,5)8-10-11(18)6-9(17)7-12(10)19(22)23/h6-7H,8H2,1-5H3. The Labute approximate surface area is 152 Å². The second-order valence-corrected chi connectivity index (χ2v) is 7.89. The van der Waals surface area contributed by atoms with Crippen molar-refractivity contribution in [3.05, 3.63) is 38.1 Å². The highest BCUT2D eigenvalue weighted by atomic mass is 79.9. The van der Waals surface area contributed by atoms with E-state index in [-0.39, 0.29) is 16.5 Å². The number of benzene rings is 1. The van der Waals surface area contributed by atoms with E-state index < -0.39 is 39.6 Å². The van der Waals surface area contributed by atoms with Gasteiger partial charge in [0.15, 0.2) is 0 Å². The molecular weight excluding hydrogens is 401 g/mol. The van der Waals surface area contributed by atoms with Crippen LogP contribution in [0.2, 0.25) is 0 Å². The number of esters is 2. The Kier molecular flexibility index (Phi) is 6.28. The number of ether oxygens (including phenoxy) is 2. The van der Waals surface area contributed by atoms with E-state index in [1.54, 1.807) is 20.8 Å². The minimum Gasteiger partial charge on any atom is -0.452 e. The Balaban J connectivity index is 3.01. The van der Waals surface area contributed by atoms with Gasteiger partial charge in [-0.2, -0.15) is 0 Å². The summed E-state index contributed by atoms with van der Waals surface area (Å²) in [5, 5.41) is 11.1. The van der Waals surface area contributed by atoms with Gasteiger partial charge in [-0.05, 0) is 40.7 Å². The van der Waals surface area contributed by atoms with Crippen LogP contribution >= 0.6 is 15.9 Å². The number of hydrogen-bond acceptors (Lipinski definition) is 6. The zero-order valence-corrected chi connectivity index (χ0v) is 16.1. The number of hydrogen-bond donors (Lipinski definition) is 0. The first-order valence-electron chi connectivity index (χ1n) is 7.30. The molecule has 138 valence electrons. The normalized spacial score (nSPS) is 11.8. The predicted octanol–water partition coefficient (Wildman–Crippen LogP) is 3.70. The van der Waals surface area contributed by atoms with E-state index in [2.05, 4.69) is 15.9 Å². The van der Waals surface area contributed by atoms with E-state index in [9.17, 15) is 24.1 Å². The fourth-order valence-electron chi connectivity index (χ4n) is 2.00. The van der Waals surface area contributed by atoms with Crippen molar-refractivity contribution in [3.63, 3.8) is 0 Å². The largest absolute Gasteiger partial charge is 0.452 e. The van der Waals surface area contributed by atoms with Gasteiger partial charge in [-0.1, -0.05) is 15.9 Å². The molecule has 0 aromatic heterocycles. The number of rotatable bonds is 4. The molecular formula is C16H19BrFNO6. The van der Waals surface area contributed by atoms with Gasteiger partial charge >= 0.3 is 11.9 Å². The van der Waals surface area contributed by atoms with Crippen LogP contribution in [-0.2, 0) is 25.5 Å². The molecule has 1 rings (SSSR count). The second kappa shape index (κ2) is 7.47. The smallest absolute Gasteiger partial charge is 0.418 e. The van der Waals surface area contributed by atoms with Crippen LogP contribution < -0.4 is 0 Å². The van der Waals surface area contributed by atoms with Crippen LogP contribution in [0.3, 0.4) is 0 Å². The molecule has 0 spiro atoms. The van der Waals surface area contributed by atoms with Gasteiger partial charge in [0.1, 0.15) is 17.0 Å². The van der Waals surface area contributed by atoms with E-state index in [1.807, 2.05) is 0 Å². The Bertz CT molecular complexity index is 711. The molecule has 0 bridgehead atoms. The monoisotopic (exact) mass is 419 g/mol. The van der Waals surface area contributed by atoms with Crippen molar-refractivity contribution >= 4 is 33.6 Å². The van der Waals surface area contributed by atoms with E-state index in [1.165, 1.54) is 13.8 Å². The number of halogens is 2. The number of nitro groups is 1. The third kappa shape index (κ3) is 6.41. The van der Waals surface area contributed by atoms with Crippen LogP contribution in [0.1, 0.15) is 40.2 Å². The third-order valence-corrected chi connectivity index (χ3v) is 3.33. The van der Waals surface area contributed by atoms with Gasteiger partial charge in [-0.25, -0.2) is 14.0 Å². The Hall–Kier alpha value is -2.03. The van der Waals surface area contributed by atoms with Crippen molar-refractivity contribution in [1.29, 1.82) is 0 Å². The average Bonchev–Trinajstić information content (AvgIpc) is 2.38. The molecule has 0 atom stereocenters. The molecule has 0 unspecified atom stereocenters. The number of carbonyl (C=O) groups excluding carboxylic acids is 2. The average molecular weight is 420 g/mol. The number of nitrogens with zero attached hydrogens (tertiary/aromatic N) is 1. The summed E-state index contributed by atoms with van der Waals surface area (Å²) in [5.74, 6) is -3.26. The maximum atomic E-state index is 14.2. The van der Waals surface area contributed by atoms with Crippen molar-refractivity contribution in [2.24, 2.45) is 0 Å². The molecule has 0 N–H and O–H groups in total. The molecule has 0 aliphatic carbocycles. The summed E-state index contributed by atoms with van der Waals surface area (Å²) in [7, 11) is 0. The van der Waals surface area contributed by atoms with Crippen molar-refractivity contribution in [2.75, 3.05) is 0 Å². The van der Waals surface area contributed by atoms with E-state index >= 15 is 0 Å². The highest BCUT2D eigenvalue weighted by Crippen LogP contribution is 2.31. The third-order valence-electron chi connectivity index (χ3n) is 2.87. The minimum absolute atomic E-state index is 0.212. The molecule has 0 saturated carbocycles. The summed E-state index contributed by atoms with van der Waals surface area (Å²) in [6.45, 7) is 7.60. The molecule has 0 heterocycles. The van der Waals surface area contributed by atoms with Crippen molar-refractivity contribution < 1.29 is 28.4 Å². The molecule has 0 aliphatic rings. The summed E-state index contributed by atoms with van der Waals surface area (Å²) in [6.07, 6.45) is -0.295. The lowest BCUT2D eigenvalue weighted by atomic mass is 9.96. The van der Waals surface area contributed by atoms with Crippen LogP contribution in [0.4, 0.5) is 10.1 Å². The van der Waals surface area contributed by atoms with Gasteiger partial charge in [0, 0.05) is 17.0 Å². The molecule has 0 amide bonds. The van der Waals surface area contributed by atoms with Gasteiger partial charge in [0.05, 0.1) is 10.5 Å². The van der Waals surface area contributed by atoms with Crippen LogP contribution in [0.25, 0.3) is 0 Å². The molecule has 9 heteroatoms. The summed E-state index contributed by atoms with van der Waals surface area (Å²) in [4.78, 5) is 34.0. The van der Waals surface area contributed by atoms with Gasteiger partial charge < -0.3 is 9.47 Å². The van der Waals surface area contributed by atoms with E-state index in [0.717, 1.165) is 12.1 Å². The summed E-state index contributed by atoms with van der Waals surface area (Å²) >= 11 is 2.99. The van der Waals surface area contributed by atoms with Gasteiger partial charge in [0.2, 0.25) is 0 Å². The summed E-state index contributed by atoms with van der Waals surface area (Å²) in [5.41, 5.74) is -2.92. The van der Waals surface area contributed by atoms with Crippen LogP contribution in [0.5, 0.6) is 0 Å². The highest BCUT2D eigenvalue weighted by Gasteiger charge is 2.34. The van der Waals surface area contributed by atoms with Gasteiger partial charge in [0.25, 0.3) is 5.69 Å². The zero-order chi connectivity index (χ0) is 19.6. The maximum absolute atomic E-state index is 14.2. The van der Waals surface area contributed by atoms with Crippen molar-refractivity contribution in [1.82, 2.24) is 0 Å². The molecule has 0 aliphatic heterocycles. The molecule has 0 radical (unpaired) electrons. The first kappa shape index (κ1) is 21.0. The summed E-state index contributed by atoms with van der Waals surface area (Å²) < 4.78 is 24.3. The van der Waals surface area contributed by atoms with Crippen LogP contribution in [-0.4, -0.2) is 28.1 Å². The highest BCUT2D eigenvalue weighted by molar-refractivity contribution is 9.10. The SMILES string of the molecule is CC(C)(C)OC(=O)C(=O)OC(C)(C)Cc1c(F)cc(Br)cc1[N+](=O)[O-]. The molecule has 25 heavy (non-hydrogen) atoms. The Morgan fingerprint density at radius 3 is 2.16 bits per heavy atom. The second-order valence-electron chi connectivity index (χ2n) is 6.97. The van der Waals surface area contributed by atoms with Crippen molar-refractivity contribution in [2.45, 2.75) is 52.2 Å². The summed E-state index contributed by atoms with van der Waals surface area (Å²) in [6, 6.07) is 2.23. The topological polar surface area (TPSA) is 95.7 Å². The first-order valence-corrected chi connectivity index (χ1v) is 8.10. The quantitative estimate of drug-likeness (QED) is 0.319. The zero-order valence-electron chi connectivity index (χ0n) is 14.5. The fraction of sp³-hybridized carbons (Fsp3) is 0.500. The van der Waals surface area contributed by atoms with Crippen LogP contribution in [0.15, 0.2) is 16.6 Å². The lowest BCUT2D eigenvalue weighted by Gasteiger charge is -2.26. The molecule has 0 fully saturated rings. The minimum atomic E-state index is -1.37. The van der Waals surface area contributed by atoms with E-state index in [0.29, 0.717) is 0 Å². The molecule has 0 saturated heterocycles.